The van der Waals surface area contributed by atoms with Crippen molar-refractivity contribution in [3.63, 3.8) is 0 Å². The molecule has 6 heteroatoms. The molecule has 5 nitrogen and oxygen atoms in total. The smallest absolute Gasteiger partial charge is 0.241 e. The van der Waals surface area contributed by atoms with Crippen LogP contribution in [0.15, 0.2) is 47.4 Å². The fraction of sp³-hybridized carbons (Fsp3) is 0.476. The van der Waals surface area contributed by atoms with Gasteiger partial charge in [0.25, 0.3) is 0 Å². The largest absolute Gasteiger partial charge is 0.341 e. The quantitative estimate of drug-likeness (QED) is 0.852. The summed E-state index contributed by atoms with van der Waals surface area (Å²) in [5.74, 6) is -0.243. The van der Waals surface area contributed by atoms with Crippen molar-refractivity contribution in [1.29, 1.82) is 0 Å². The summed E-state index contributed by atoms with van der Waals surface area (Å²) in [6.45, 7) is 5.17. The van der Waals surface area contributed by atoms with Crippen molar-refractivity contribution in [2.24, 2.45) is 5.92 Å². The van der Waals surface area contributed by atoms with Crippen LogP contribution in [0.2, 0.25) is 0 Å². The molecule has 1 aliphatic rings. The molecule has 1 saturated heterocycles. The Kier molecular flexibility index (Phi) is 6.17. The molecular formula is C21H28N2O3S. The Hall–Kier alpha value is -1.92. The molecule has 0 spiro atoms. The van der Waals surface area contributed by atoms with Gasteiger partial charge in [-0.15, -0.1) is 0 Å². The van der Waals surface area contributed by atoms with Crippen LogP contribution in [-0.2, 0) is 14.8 Å². The molecule has 0 bridgehead atoms. The van der Waals surface area contributed by atoms with E-state index in [1.165, 1.54) is 0 Å². The summed E-state index contributed by atoms with van der Waals surface area (Å²) < 4.78 is 28.6. The molecule has 0 aliphatic carbocycles. The van der Waals surface area contributed by atoms with Crippen molar-refractivity contribution >= 4 is 26.7 Å². The van der Waals surface area contributed by atoms with Gasteiger partial charge >= 0.3 is 0 Å². The van der Waals surface area contributed by atoms with E-state index in [4.69, 9.17) is 0 Å². The third-order valence-electron chi connectivity index (χ3n) is 5.16. The Morgan fingerprint density at radius 3 is 2.22 bits per heavy atom. The zero-order chi connectivity index (χ0) is 19.4. The first kappa shape index (κ1) is 19.8. The van der Waals surface area contributed by atoms with E-state index in [0.717, 1.165) is 36.5 Å². The number of carbonyl (C=O) groups is 1. The molecule has 0 saturated carbocycles. The number of hydrogen-bond acceptors (Lipinski definition) is 3. The van der Waals surface area contributed by atoms with Crippen LogP contribution in [0, 0.1) is 5.92 Å². The molecule has 0 radical (unpaired) electrons. The lowest BCUT2D eigenvalue weighted by Crippen LogP contribution is -2.51. The molecule has 1 aliphatic heterocycles. The molecule has 1 fully saturated rings. The number of amides is 1. The van der Waals surface area contributed by atoms with E-state index < -0.39 is 16.1 Å². The summed E-state index contributed by atoms with van der Waals surface area (Å²) in [5, 5.41) is 1.85. The Bertz CT molecular complexity index is 901. The van der Waals surface area contributed by atoms with Crippen LogP contribution < -0.4 is 4.72 Å². The van der Waals surface area contributed by atoms with Gasteiger partial charge in [0.05, 0.1) is 4.90 Å². The molecule has 3 rings (SSSR count). The van der Waals surface area contributed by atoms with E-state index in [-0.39, 0.29) is 16.7 Å². The standard InChI is InChI=1S/C21H28N2O3S/c1-16(2)20(21(24)23-13-7-3-4-8-14-23)22-27(25,26)19-12-11-17-9-5-6-10-18(17)15-19/h5-6,9-12,15-16,20,22H,3-4,7-8,13-14H2,1-2H3/t20-/m1/s1. The second-order valence-electron chi connectivity index (χ2n) is 7.59. The Morgan fingerprint density at radius 2 is 1.59 bits per heavy atom. The maximum absolute atomic E-state index is 13.0. The van der Waals surface area contributed by atoms with Gasteiger partial charge in [0.1, 0.15) is 6.04 Å². The molecule has 1 amide bonds. The average Bonchev–Trinajstić information content (AvgIpc) is 2.94. The minimum Gasteiger partial charge on any atom is -0.341 e. The molecule has 146 valence electrons. The van der Waals surface area contributed by atoms with Crippen molar-refractivity contribution in [2.45, 2.75) is 50.5 Å². The number of nitrogens with zero attached hydrogens (tertiary/aromatic N) is 1. The van der Waals surface area contributed by atoms with Gasteiger partial charge in [-0.2, -0.15) is 4.72 Å². The predicted molar refractivity (Wildman–Crippen MR) is 108 cm³/mol. The lowest BCUT2D eigenvalue weighted by molar-refractivity contribution is -0.134. The van der Waals surface area contributed by atoms with E-state index in [1.54, 1.807) is 18.2 Å². The van der Waals surface area contributed by atoms with Crippen LogP contribution in [-0.4, -0.2) is 38.4 Å². The van der Waals surface area contributed by atoms with Gasteiger partial charge in [-0.3, -0.25) is 4.79 Å². The number of fused-ring (bicyclic) bond motifs is 1. The normalized spacial score (nSPS) is 17.1. The second kappa shape index (κ2) is 8.40. The summed E-state index contributed by atoms with van der Waals surface area (Å²) in [5.41, 5.74) is 0. The van der Waals surface area contributed by atoms with Crippen LogP contribution in [0.1, 0.15) is 39.5 Å². The first-order valence-corrected chi connectivity index (χ1v) is 11.2. The van der Waals surface area contributed by atoms with E-state index in [1.807, 2.05) is 43.0 Å². The number of nitrogens with one attached hydrogen (secondary N) is 1. The lowest BCUT2D eigenvalue weighted by atomic mass is 10.0. The van der Waals surface area contributed by atoms with E-state index in [0.29, 0.717) is 13.1 Å². The van der Waals surface area contributed by atoms with Crippen LogP contribution in [0.4, 0.5) is 0 Å². The second-order valence-corrected chi connectivity index (χ2v) is 9.31. The van der Waals surface area contributed by atoms with E-state index >= 15 is 0 Å². The van der Waals surface area contributed by atoms with Crippen LogP contribution >= 0.6 is 0 Å². The molecule has 1 heterocycles. The number of hydrogen-bond donors (Lipinski definition) is 1. The summed E-state index contributed by atoms with van der Waals surface area (Å²) in [7, 11) is -3.79. The fourth-order valence-corrected chi connectivity index (χ4v) is 4.90. The number of likely N-dealkylation sites (tertiary alicyclic amines) is 1. The number of benzene rings is 2. The highest BCUT2D eigenvalue weighted by atomic mass is 32.2. The minimum atomic E-state index is -3.79. The zero-order valence-electron chi connectivity index (χ0n) is 16.0. The Balaban J connectivity index is 1.84. The van der Waals surface area contributed by atoms with Crippen molar-refractivity contribution in [3.8, 4) is 0 Å². The number of rotatable bonds is 5. The van der Waals surface area contributed by atoms with Crippen LogP contribution in [0.5, 0.6) is 0 Å². The highest BCUT2D eigenvalue weighted by molar-refractivity contribution is 7.89. The molecule has 0 aromatic heterocycles. The van der Waals surface area contributed by atoms with Gasteiger partial charge in [0, 0.05) is 13.1 Å². The average molecular weight is 389 g/mol. The summed E-state index contributed by atoms with van der Waals surface area (Å²) in [4.78, 5) is 15.0. The van der Waals surface area contributed by atoms with Crippen LogP contribution in [0.25, 0.3) is 10.8 Å². The zero-order valence-corrected chi connectivity index (χ0v) is 16.8. The van der Waals surface area contributed by atoms with Gasteiger partial charge in [-0.05, 0) is 41.7 Å². The molecule has 1 N–H and O–H groups in total. The van der Waals surface area contributed by atoms with Gasteiger partial charge in [-0.1, -0.05) is 57.0 Å². The van der Waals surface area contributed by atoms with Crippen LogP contribution in [0.3, 0.4) is 0 Å². The van der Waals surface area contributed by atoms with Crippen molar-refractivity contribution < 1.29 is 13.2 Å². The van der Waals surface area contributed by atoms with E-state index in [2.05, 4.69) is 4.72 Å². The molecule has 2 aromatic carbocycles. The highest BCUT2D eigenvalue weighted by Crippen LogP contribution is 2.21. The van der Waals surface area contributed by atoms with Gasteiger partial charge < -0.3 is 4.90 Å². The molecular weight excluding hydrogens is 360 g/mol. The predicted octanol–water partition coefficient (Wildman–Crippen LogP) is 3.55. The topological polar surface area (TPSA) is 66.5 Å². The van der Waals surface area contributed by atoms with Gasteiger partial charge in [0.15, 0.2) is 0 Å². The SMILES string of the molecule is CC(C)[C@@H](NS(=O)(=O)c1ccc2ccccc2c1)C(=O)N1CCCCCC1. The Labute approximate surface area is 161 Å². The summed E-state index contributed by atoms with van der Waals surface area (Å²) in [6, 6.07) is 11.9. The molecule has 27 heavy (non-hydrogen) atoms. The molecule has 2 aromatic rings. The maximum Gasteiger partial charge on any atom is 0.241 e. The first-order valence-electron chi connectivity index (χ1n) is 9.68. The summed E-state index contributed by atoms with van der Waals surface area (Å²) >= 11 is 0. The maximum atomic E-state index is 13.0. The number of sulfonamides is 1. The van der Waals surface area contributed by atoms with Gasteiger partial charge in [-0.25, -0.2) is 8.42 Å². The van der Waals surface area contributed by atoms with Gasteiger partial charge in [0.2, 0.25) is 15.9 Å². The Morgan fingerprint density at radius 1 is 0.963 bits per heavy atom. The number of carbonyl (C=O) groups excluding carboxylic acids is 1. The lowest BCUT2D eigenvalue weighted by Gasteiger charge is -2.28. The van der Waals surface area contributed by atoms with E-state index in [9.17, 15) is 13.2 Å². The first-order chi connectivity index (χ1) is 12.9. The minimum absolute atomic E-state index is 0.115. The molecule has 0 unspecified atom stereocenters. The van der Waals surface area contributed by atoms with Crippen molar-refractivity contribution in [1.82, 2.24) is 9.62 Å². The van der Waals surface area contributed by atoms with Crippen molar-refractivity contribution in [3.05, 3.63) is 42.5 Å². The fourth-order valence-electron chi connectivity index (χ4n) is 3.53. The monoisotopic (exact) mass is 388 g/mol. The third kappa shape index (κ3) is 4.68. The third-order valence-corrected chi connectivity index (χ3v) is 6.60. The molecule has 1 atom stereocenters. The summed E-state index contributed by atoms with van der Waals surface area (Å²) in [6.07, 6.45) is 4.21. The van der Waals surface area contributed by atoms with Crippen molar-refractivity contribution in [2.75, 3.05) is 13.1 Å². The highest BCUT2D eigenvalue weighted by Gasteiger charge is 2.31.